The Hall–Kier alpha value is 0.437. The van der Waals surface area contributed by atoms with E-state index >= 15 is 0 Å². The van der Waals surface area contributed by atoms with Gasteiger partial charge in [-0.2, -0.15) is 0 Å². The maximum Gasteiger partial charge on any atom is 1.00 e. The molecule has 0 amide bonds. The van der Waals surface area contributed by atoms with Gasteiger partial charge in [0.2, 0.25) is 0 Å². The summed E-state index contributed by atoms with van der Waals surface area (Å²) in [6, 6.07) is 0. The molecule has 0 N–H and O–H groups in total. The van der Waals surface area contributed by atoms with Crippen LogP contribution in [-0.2, 0) is 10.1 Å². The van der Waals surface area contributed by atoms with E-state index in [-0.39, 0.29) is 31.7 Å². The molecule has 6 heteroatoms. The van der Waals surface area contributed by atoms with E-state index in [0.717, 1.165) is 38.5 Å². The van der Waals surface area contributed by atoms with Crippen LogP contribution in [0.5, 0.6) is 0 Å². The van der Waals surface area contributed by atoms with Crippen LogP contribution in [-0.4, -0.2) is 18.0 Å². The van der Waals surface area contributed by atoms with Gasteiger partial charge in [-0.3, -0.25) is 0 Å². The Bertz CT molecular complexity index is 376. The summed E-state index contributed by atoms with van der Waals surface area (Å²) in [6.45, 7) is 4.23. The van der Waals surface area contributed by atoms with Crippen LogP contribution in [0.4, 0.5) is 4.39 Å². The number of halogens is 1. The normalized spacial score (nSPS) is 14.2. The van der Waals surface area contributed by atoms with Crippen LogP contribution in [0, 0.1) is 0 Å². The van der Waals surface area contributed by atoms with E-state index in [2.05, 4.69) is 6.92 Å². The van der Waals surface area contributed by atoms with Gasteiger partial charge in [-0.05, 0) is 25.7 Å². The standard InChI is InChI=1S/C18H37FO3S.Li/c1-3-5-7-9-10-11-12-13-15-17-18(19,23(20,21)22)16-14-8-6-4-2;/h3-17H2,1-2H3,(H,20,21,22);/q;+1/p-1. The predicted molar refractivity (Wildman–Crippen MR) is 94.1 cm³/mol. The summed E-state index contributed by atoms with van der Waals surface area (Å²) < 4.78 is 48.3. The number of hydrogen-bond acceptors (Lipinski definition) is 3. The van der Waals surface area contributed by atoms with E-state index in [1.54, 1.807) is 0 Å². The summed E-state index contributed by atoms with van der Waals surface area (Å²) in [5, 5.41) is -2.55. The first-order valence-electron chi connectivity index (χ1n) is 9.51. The van der Waals surface area contributed by atoms with Crippen molar-refractivity contribution >= 4 is 10.1 Å². The van der Waals surface area contributed by atoms with Crippen molar-refractivity contribution in [3.63, 3.8) is 0 Å². The van der Waals surface area contributed by atoms with Crippen molar-refractivity contribution in [2.45, 2.75) is 115 Å². The second-order valence-corrected chi connectivity index (χ2v) is 8.37. The van der Waals surface area contributed by atoms with E-state index in [0.29, 0.717) is 12.8 Å². The molecule has 24 heavy (non-hydrogen) atoms. The SMILES string of the molecule is CCCCCCCCCCCC(F)(CCCCCC)S(=O)(=O)[O-].[Li+]. The van der Waals surface area contributed by atoms with Gasteiger partial charge in [0.25, 0.3) is 0 Å². The van der Waals surface area contributed by atoms with E-state index in [1.807, 2.05) is 6.92 Å². The van der Waals surface area contributed by atoms with Crippen LogP contribution >= 0.6 is 0 Å². The van der Waals surface area contributed by atoms with Crippen LogP contribution in [0.3, 0.4) is 0 Å². The van der Waals surface area contributed by atoms with Crippen molar-refractivity contribution in [3.05, 3.63) is 0 Å². The van der Waals surface area contributed by atoms with Crippen molar-refractivity contribution in [2.24, 2.45) is 0 Å². The molecular weight excluding hydrogens is 322 g/mol. The van der Waals surface area contributed by atoms with Gasteiger partial charge in [0.1, 0.15) is 10.1 Å². The van der Waals surface area contributed by atoms with Gasteiger partial charge in [0.05, 0.1) is 0 Å². The van der Waals surface area contributed by atoms with Gasteiger partial charge in [-0.25, -0.2) is 12.8 Å². The number of alkyl halides is 1. The fourth-order valence-corrected chi connectivity index (χ4v) is 3.68. The van der Waals surface area contributed by atoms with E-state index in [4.69, 9.17) is 0 Å². The fraction of sp³-hybridized carbons (Fsp3) is 1.00. The Morgan fingerprint density at radius 3 is 1.33 bits per heavy atom. The van der Waals surface area contributed by atoms with E-state index in [9.17, 15) is 17.4 Å². The molecule has 0 aromatic heterocycles. The first-order valence-corrected chi connectivity index (χ1v) is 10.9. The molecule has 0 aliphatic heterocycles. The Morgan fingerprint density at radius 1 is 0.708 bits per heavy atom. The number of unbranched alkanes of at least 4 members (excludes halogenated alkanes) is 11. The maximum absolute atomic E-state index is 14.5. The monoisotopic (exact) mass is 358 g/mol. The van der Waals surface area contributed by atoms with Crippen LogP contribution in [0.15, 0.2) is 0 Å². The summed E-state index contributed by atoms with van der Waals surface area (Å²) >= 11 is 0. The minimum Gasteiger partial charge on any atom is -0.745 e. The molecule has 0 aromatic carbocycles. The van der Waals surface area contributed by atoms with Crippen molar-refractivity contribution in [1.82, 2.24) is 0 Å². The van der Waals surface area contributed by atoms with Crippen LogP contribution in [0.25, 0.3) is 0 Å². The second kappa shape index (κ2) is 15.7. The molecule has 140 valence electrons. The maximum atomic E-state index is 14.5. The molecule has 0 aliphatic carbocycles. The molecule has 0 saturated carbocycles. The van der Waals surface area contributed by atoms with Gasteiger partial charge in [-0.1, -0.05) is 84.5 Å². The number of rotatable bonds is 16. The van der Waals surface area contributed by atoms with Crippen molar-refractivity contribution in [1.29, 1.82) is 0 Å². The van der Waals surface area contributed by atoms with Crippen LogP contribution < -0.4 is 18.9 Å². The van der Waals surface area contributed by atoms with E-state index < -0.39 is 15.1 Å². The van der Waals surface area contributed by atoms with E-state index in [1.165, 1.54) is 32.1 Å². The summed E-state index contributed by atoms with van der Waals surface area (Å²) in [4.78, 5) is 0. The zero-order chi connectivity index (χ0) is 17.6. The van der Waals surface area contributed by atoms with Crippen molar-refractivity contribution < 1.29 is 36.2 Å². The summed E-state index contributed by atoms with van der Waals surface area (Å²) in [7, 11) is -4.88. The topological polar surface area (TPSA) is 57.2 Å². The summed E-state index contributed by atoms with van der Waals surface area (Å²) in [5.41, 5.74) is 0. The minimum atomic E-state index is -4.88. The predicted octanol–water partition coefficient (Wildman–Crippen LogP) is 3.09. The minimum absolute atomic E-state index is 0. The molecule has 0 saturated heterocycles. The molecule has 3 nitrogen and oxygen atoms in total. The Morgan fingerprint density at radius 2 is 1.00 bits per heavy atom. The van der Waals surface area contributed by atoms with Crippen LogP contribution in [0.2, 0.25) is 0 Å². The second-order valence-electron chi connectivity index (χ2n) is 6.73. The fourth-order valence-electron chi connectivity index (χ4n) is 2.89. The molecule has 1 atom stereocenters. The molecule has 0 fully saturated rings. The quantitative estimate of drug-likeness (QED) is 0.242. The average molecular weight is 358 g/mol. The Kier molecular flexibility index (Phi) is 17.4. The molecule has 0 bridgehead atoms. The summed E-state index contributed by atoms with van der Waals surface area (Å²) in [5.74, 6) is 0. The molecule has 1 unspecified atom stereocenters. The third-order valence-corrected chi connectivity index (χ3v) is 5.81. The van der Waals surface area contributed by atoms with Crippen molar-refractivity contribution in [2.75, 3.05) is 0 Å². The van der Waals surface area contributed by atoms with Gasteiger partial charge < -0.3 is 4.55 Å². The zero-order valence-electron chi connectivity index (χ0n) is 16.1. The molecule has 0 aromatic rings. The van der Waals surface area contributed by atoms with Gasteiger partial charge in [-0.15, -0.1) is 0 Å². The van der Waals surface area contributed by atoms with Crippen molar-refractivity contribution in [3.8, 4) is 0 Å². The van der Waals surface area contributed by atoms with Crippen LogP contribution in [0.1, 0.15) is 110 Å². The molecule has 0 heterocycles. The third kappa shape index (κ3) is 12.8. The number of hydrogen-bond donors (Lipinski definition) is 0. The molecule has 0 aliphatic rings. The molecule has 0 radical (unpaired) electrons. The molecular formula is C18H36FLiO3S. The first kappa shape index (κ1) is 26.7. The summed E-state index contributed by atoms with van der Waals surface area (Å²) in [6.07, 6.45) is 12.6. The molecule has 0 rings (SSSR count). The Labute approximate surface area is 161 Å². The van der Waals surface area contributed by atoms with Gasteiger partial charge in [0.15, 0.2) is 5.00 Å². The molecule has 0 spiro atoms. The first-order chi connectivity index (χ1) is 10.9. The Balaban J connectivity index is 0. The van der Waals surface area contributed by atoms with Gasteiger partial charge in [0, 0.05) is 0 Å². The largest absolute Gasteiger partial charge is 1.00 e. The zero-order valence-corrected chi connectivity index (χ0v) is 16.9. The third-order valence-electron chi connectivity index (χ3n) is 4.51. The average Bonchev–Trinajstić information content (AvgIpc) is 2.49. The smallest absolute Gasteiger partial charge is 0.745 e. The van der Waals surface area contributed by atoms with Gasteiger partial charge >= 0.3 is 18.9 Å².